The monoisotopic (exact) mass is 278 g/mol. The van der Waals surface area contributed by atoms with Gasteiger partial charge in [-0.15, -0.1) is 0 Å². The fourth-order valence-corrected chi connectivity index (χ4v) is 3.11. The van der Waals surface area contributed by atoms with Gasteiger partial charge in [0.05, 0.1) is 5.69 Å². The molecular weight excluding hydrogens is 248 g/mol. The van der Waals surface area contributed by atoms with E-state index in [-0.39, 0.29) is 0 Å². The summed E-state index contributed by atoms with van der Waals surface area (Å²) < 4.78 is 2.14. The van der Waals surface area contributed by atoms with Crippen molar-refractivity contribution in [2.75, 3.05) is 32.7 Å². The van der Waals surface area contributed by atoms with Gasteiger partial charge in [-0.3, -0.25) is 4.68 Å². The van der Waals surface area contributed by atoms with Gasteiger partial charge in [-0.1, -0.05) is 6.92 Å². The van der Waals surface area contributed by atoms with Crippen molar-refractivity contribution in [2.45, 2.75) is 46.6 Å². The molecule has 20 heavy (non-hydrogen) atoms. The quantitative estimate of drug-likeness (QED) is 0.740. The third kappa shape index (κ3) is 4.60. The summed E-state index contributed by atoms with van der Waals surface area (Å²) in [7, 11) is 0. The molecule has 114 valence electrons. The Balaban J connectivity index is 1.62. The zero-order valence-electron chi connectivity index (χ0n) is 13.4. The summed E-state index contributed by atoms with van der Waals surface area (Å²) in [5.41, 5.74) is 2.41. The maximum absolute atomic E-state index is 4.53. The first-order valence-corrected chi connectivity index (χ1v) is 8.13. The molecule has 1 saturated heterocycles. The van der Waals surface area contributed by atoms with Crippen molar-refractivity contribution in [3.8, 4) is 0 Å². The second-order valence-corrected chi connectivity index (χ2v) is 6.16. The molecule has 1 fully saturated rings. The molecule has 1 aromatic rings. The number of rotatable bonds is 8. The van der Waals surface area contributed by atoms with Gasteiger partial charge in [0.15, 0.2) is 0 Å². The van der Waals surface area contributed by atoms with E-state index in [0.717, 1.165) is 24.7 Å². The second-order valence-electron chi connectivity index (χ2n) is 6.16. The number of likely N-dealkylation sites (tertiary alicyclic amines) is 1. The fraction of sp³-hybridized carbons (Fsp3) is 0.812. The number of aryl methyl sites for hydroxylation is 3. The minimum absolute atomic E-state index is 0.857. The van der Waals surface area contributed by atoms with Crippen LogP contribution in [0.15, 0.2) is 6.07 Å². The van der Waals surface area contributed by atoms with Gasteiger partial charge in [0, 0.05) is 18.8 Å². The number of aromatic nitrogens is 2. The number of hydrogen-bond acceptors (Lipinski definition) is 3. The lowest BCUT2D eigenvalue weighted by Crippen LogP contribution is -2.27. The van der Waals surface area contributed by atoms with Gasteiger partial charge >= 0.3 is 0 Å². The van der Waals surface area contributed by atoms with E-state index in [9.17, 15) is 0 Å². The Kier molecular flexibility index (Phi) is 6.05. The molecule has 1 unspecified atom stereocenters. The van der Waals surface area contributed by atoms with Gasteiger partial charge < -0.3 is 10.2 Å². The highest BCUT2D eigenvalue weighted by Crippen LogP contribution is 2.15. The summed E-state index contributed by atoms with van der Waals surface area (Å²) in [6.45, 7) is 13.6. The zero-order valence-corrected chi connectivity index (χ0v) is 13.4. The topological polar surface area (TPSA) is 33.1 Å². The van der Waals surface area contributed by atoms with E-state index in [2.05, 4.69) is 46.8 Å². The summed E-state index contributed by atoms with van der Waals surface area (Å²) in [4.78, 5) is 2.62. The molecule has 1 aliphatic rings. The first-order chi connectivity index (χ1) is 9.69. The van der Waals surface area contributed by atoms with Gasteiger partial charge in [-0.05, 0) is 71.3 Å². The van der Waals surface area contributed by atoms with Crippen molar-refractivity contribution in [1.82, 2.24) is 20.0 Å². The number of nitrogens with one attached hydrogen (secondary N) is 1. The van der Waals surface area contributed by atoms with Crippen molar-refractivity contribution in [3.63, 3.8) is 0 Å². The molecule has 0 aromatic carbocycles. The largest absolute Gasteiger partial charge is 0.316 e. The Morgan fingerprint density at radius 2 is 2.20 bits per heavy atom. The van der Waals surface area contributed by atoms with E-state index in [0.29, 0.717) is 0 Å². The summed E-state index contributed by atoms with van der Waals surface area (Å²) in [5.74, 6) is 0.857. The zero-order chi connectivity index (χ0) is 14.4. The maximum atomic E-state index is 4.53. The van der Waals surface area contributed by atoms with Crippen LogP contribution in [-0.2, 0) is 6.54 Å². The molecular formula is C16H30N4. The van der Waals surface area contributed by atoms with Crippen LogP contribution in [0.4, 0.5) is 0 Å². The van der Waals surface area contributed by atoms with Gasteiger partial charge in [-0.25, -0.2) is 0 Å². The van der Waals surface area contributed by atoms with Crippen LogP contribution in [0.1, 0.15) is 37.6 Å². The van der Waals surface area contributed by atoms with E-state index in [1.807, 2.05) is 0 Å². The third-order valence-corrected chi connectivity index (χ3v) is 4.18. The van der Waals surface area contributed by atoms with E-state index in [4.69, 9.17) is 0 Å². The van der Waals surface area contributed by atoms with Crippen molar-refractivity contribution in [3.05, 3.63) is 17.5 Å². The van der Waals surface area contributed by atoms with Crippen LogP contribution in [0.5, 0.6) is 0 Å². The Hall–Kier alpha value is -0.870. The smallest absolute Gasteiger partial charge is 0.0596 e. The van der Waals surface area contributed by atoms with Crippen molar-refractivity contribution in [1.29, 1.82) is 0 Å². The molecule has 0 bridgehead atoms. The maximum Gasteiger partial charge on any atom is 0.0596 e. The highest BCUT2D eigenvalue weighted by molar-refractivity contribution is 5.06. The lowest BCUT2D eigenvalue weighted by Gasteiger charge is -2.16. The Morgan fingerprint density at radius 1 is 1.35 bits per heavy atom. The summed E-state index contributed by atoms with van der Waals surface area (Å²) in [6.07, 6.45) is 3.80. The average molecular weight is 278 g/mol. The van der Waals surface area contributed by atoms with Crippen LogP contribution in [-0.4, -0.2) is 47.4 Å². The molecule has 1 atom stereocenters. The van der Waals surface area contributed by atoms with Crippen LogP contribution in [0.3, 0.4) is 0 Å². The minimum Gasteiger partial charge on any atom is -0.316 e. The van der Waals surface area contributed by atoms with Crippen molar-refractivity contribution >= 4 is 0 Å². The molecule has 0 amide bonds. The molecule has 0 saturated carbocycles. The lowest BCUT2D eigenvalue weighted by molar-refractivity contribution is 0.307. The molecule has 1 aliphatic heterocycles. The Labute approximate surface area is 123 Å². The van der Waals surface area contributed by atoms with Crippen molar-refractivity contribution < 1.29 is 0 Å². The number of nitrogens with zero attached hydrogens (tertiary/aromatic N) is 3. The van der Waals surface area contributed by atoms with E-state index < -0.39 is 0 Å². The molecule has 2 rings (SSSR count). The Bertz CT molecular complexity index is 399. The van der Waals surface area contributed by atoms with Gasteiger partial charge in [0.25, 0.3) is 0 Å². The molecule has 1 aromatic heterocycles. The molecule has 0 aliphatic carbocycles. The summed E-state index contributed by atoms with van der Waals surface area (Å²) in [6, 6.07) is 2.16. The van der Waals surface area contributed by atoms with Crippen LogP contribution >= 0.6 is 0 Å². The van der Waals surface area contributed by atoms with Crippen LogP contribution in [0.25, 0.3) is 0 Å². The molecule has 4 heteroatoms. The van der Waals surface area contributed by atoms with Crippen LogP contribution in [0.2, 0.25) is 0 Å². The normalized spacial score (nSPS) is 19.9. The molecule has 2 heterocycles. The summed E-state index contributed by atoms with van der Waals surface area (Å²) >= 11 is 0. The first-order valence-electron chi connectivity index (χ1n) is 8.13. The number of hydrogen-bond donors (Lipinski definition) is 1. The van der Waals surface area contributed by atoms with Crippen molar-refractivity contribution in [2.24, 2.45) is 5.92 Å². The predicted molar refractivity (Wildman–Crippen MR) is 84.0 cm³/mol. The fourth-order valence-electron chi connectivity index (χ4n) is 3.11. The molecule has 0 radical (unpaired) electrons. The Morgan fingerprint density at radius 3 is 2.90 bits per heavy atom. The van der Waals surface area contributed by atoms with Crippen LogP contribution in [0, 0.1) is 19.8 Å². The van der Waals surface area contributed by atoms with E-state index in [1.54, 1.807) is 0 Å². The van der Waals surface area contributed by atoms with Gasteiger partial charge in [0.2, 0.25) is 0 Å². The molecule has 0 spiro atoms. The molecule has 4 nitrogen and oxygen atoms in total. The first kappa shape index (κ1) is 15.5. The van der Waals surface area contributed by atoms with Crippen LogP contribution < -0.4 is 5.32 Å². The highest BCUT2D eigenvalue weighted by atomic mass is 15.3. The standard InChI is InChI=1S/C16H30N4/c1-4-7-17-12-16-6-10-19(13-16)8-5-9-20-15(3)11-14(2)18-20/h11,16-17H,4-10,12-13H2,1-3H3. The SMILES string of the molecule is CCCNCC1CCN(CCCn2nc(C)cc2C)C1. The van der Waals surface area contributed by atoms with Gasteiger partial charge in [0.1, 0.15) is 0 Å². The predicted octanol–water partition coefficient (Wildman–Crippen LogP) is 2.21. The summed E-state index contributed by atoms with van der Waals surface area (Å²) in [5, 5.41) is 8.08. The van der Waals surface area contributed by atoms with E-state index >= 15 is 0 Å². The lowest BCUT2D eigenvalue weighted by atomic mass is 10.1. The minimum atomic E-state index is 0.857. The highest BCUT2D eigenvalue weighted by Gasteiger charge is 2.21. The second kappa shape index (κ2) is 7.79. The van der Waals surface area contributed by atoms with E-state index in [1.165, 1.54) is 51.1 Å². The molecule has 1 N–H and O–H groups in total. The van der Waals surface area contributed by atoms with Gasteiger partial charge in [-0.2, -0.15) is 5.10 Å². The average Bonchev–Trinajstić information content (AvgIpc) is 2.97. The third-order valence-electron chi connectivity index (χ3n) is 4.18.